The van der Waals surface area contributed by atoms with Crippen LogP contribution in [0.2, 0.25) is 5.02 Å². The molecule has 6 heteroatoms. The molecular formula is C20H20ClN3O2. The smallest absolute Gasteiger partial charge is 0.267 e. The van der Waals surface area contributed by atoms with Crippen LogP contribution in [0.4, 0.5) is 11.4 Å². The molecule has 134 valence electrons. The Balaban J connectivity index is 2.25. The average Bonchev–Trinajstić information content (AvgIpc) is 2.59. The Morgan fingerprint density at radius 3 is 2.69 bits per heavy atom. The van der Waals surface area contributed by atoms with Gasteiger partial charge in [0.05, 0.1) is 5.69 Å². The predicted octanol–water partition coefficient (Wildman–Crippen LogP) is 4.94. The molecule has 2 aromatic rings. The van der Waals surface area contributed by atoms with Crippen LogP contribution in [0.3, 0.4) is 0 Å². The number of rotatable bonds is 5. The van der Waals surface area contributed by atoms with Gasteiger partial charge in [-0.15, -0.1) is 0 Å². The number of phenols is 1. The summed E-state index contributed by atoms with van der Waals surface area (Å²) in [6.07, 6.45) is 1.24. The summed E-state index contributed by atoms with van der Waals surface area (Å²) in [5.41, 5.74) is 2.80. The Morgan fingerprint density at radius 1 is 1.31 bits per heavy atom. The Labute approximate surface area is 157 Å². The van der Waals surface area contributed by atoms with Crippen molar-refractivity contribution in [1.29, 1.82) is 5.26 Å². The topological polar surface area (TPSA) is 85.2 Å². The summed E-state index contributed by atoms with van der Waals surface area (Å²) in [6.45, 7) is 5.98. The number of aromatic hydroxyl groups is 1. The number of hydrogen-bond donors (Lipinski definition) is 3. The lowest BCUT2D eigenvalue weighted by atomic mass is 9.98. The molecule has 5 nitrogen and oxygen atoms in total. The number of nitriles is 1. The number of carbonyl (C=O) groups excluding carboxylic acids is 1. The summed E-state index contributed by atoms with van der Waals surface area (Å²) in [5, 5.41) is 25.1. The molecule has 0 spiro atoms. The molecule has 2 rings (SSSR count). The molecule has 0 radical (unpaired) electrons. The van der Waals surface area contributed by atoms with Crippen molar-refractivity contribution in [2.24, 2.45) is 0 Å². The molecule has 0 aliphatic carbocycles. The van der Waals surface area contributed by atoms with Crippen LogP contribution in [0.15, 0.2) is 48.2 Å². The number of carbonyl (C=O) groups is 1. The van der Waals surface area contributed by atoms with Gasteiger partial charge in [0.15, 0.2) is 0 Å². The van der Waals surface area contributed by atoms with Gasteiger partial charge in [-0.1, -0.05) is 43.6 Å². The van der Waals surface area contributed by atoms with Gasteiger partial charge in [-0.05, 0) is 42.2 Å². The molecule has 3 N–H and O–H groups in total. The fourth-order valence-electron chi connectivity index (χ4n) is 2.45. The maximum Gasteiger partial charge on any atom is 0.267 e. The number of phenolic OH excluding ortho intramolecular Hbond substituents is 1. The molecule has 0 saturated carbocycles. The summed E-state index contributed by atoms with van der Waals surface area (Å²) in [4.78, 5) is 12.5. The van der Waals surface area contributed by atoms with E-state index in [-0.39, 0.29) is 17.2 Å². The van der Waals surface area contributed by atoms with Gasteiger partial charge in [0.2, 0.25) is 0 Å². The first-order valence-electron chi connectivity index (χ1n) is 8.09. The van der Waals surface area contributed by atoms with Crippen LogP contribution in [0, 0.1) is 18.3 Å². The number of aryl methyl sites for hydroxylation is 1. The number of amides is 1. The highest BCUT2D eigenvalue weighted by Crippen LogP contribution is 2.28. The van der Waals surface area contributed by atoms with Crippen LogP contribution in [-0.2, 0) is 4.79 Å². The first kappa shape index (κ1) is 19.4. The van der Waals surface area contributed by atoms with Gasteiger partial charge in [0, 0.05) is 16.9 Å². The average molecular weight is 370 g/mol. The maximum atomic E-state index is 12.5. The van der Waals surface area contributed by atoms with Crippen molar-refractivity contribution in [1.82, 2.24) is 0 Å². The minimum absolute atomic E-state index is 0.0376. The van der Waals surface area contributed by atoms with Crippen molar-refractivity contribution in [2.75, 3.05) is 10.6 Å². The van der Waals surface area contributed by atoms with Crippen molar-refractivity contribution < 1.29 is 9.90 Å². The van der Waals surface area contributed by atoms with Gasteiger partial charge in [-0.3, -0.25) is 4.79 Å². The van der Waals surface area contributed by atoms with E-state index in [4.69, 9.17) is 11.6 Å². The normalized spacial score (nSPS) is 11.2. The summed E-state index contributed by atoms with van der Waals surface area (Å²) < 4.78 is 0. The molecule has 0 aliphatic heterocycles. The van der Waals surface area contributed by atoms with Crippen molar-refractivity contribution in [3.8, 4) is 11.8 Å². The van der Waals surface area contributed by atoms with Crippen LogP contribution < -0.4 is 10.6 Å². The van der Waals surface area contributed by atoms with Crippen LogP contribution >= 0.6 is 11.6 Å². The summed E-state index contributed by atoms with van der Waals surface area (Å²) in [7, 11) is 0. The third kappa shape index (κ3) is 4.56. The highest BCUT2D eigenvalue weighted by atomic mass is 35.5. The van der Waals surface area contributed by atoms with E-state index >= 15 is 0 Å². The van der Waals surface area contributed by atoms with Crippen LogP contribution in [0.25, 0.3) is 0 Å². The fraction of sp³-hybridized carbons (Fsp3) is 0.200. The molecule has 0 heterocycles. The zero-order valence-corrected chi connectivity index (χ0v) is 15.6. The second-order valence-corrected chi connectivity index (χ2v) is 6.56. The third-order valence-electron chi connectivity index (χ3n) is 3.86. The summed E-state index contributed by atoms with van der Waals surface area (Å²) in [5.74, 6) is -0.344. The molecule has 0 unspecified atom stereocenters. The number of nitrogens with one attached hydrogen (secondary N) is 2. The highest BCUT2D eigenvalue weighted by Gasteiger charge is 2.15. The summed E-state index contributed by atoms with van der Waals surface area (Å²) in [6, 6.07) is 12.1. The van der Waals surface area contributed by atoms with E-state index in [9.17, 15) is 15.2 Å². The number of nitrogens with zero attached hydrogens (tertiary/aromatic N) is 1. The number of benzene rings is 2. The lowest BCUT2D eigenvalue weighted by Crippen LogP contribution is -2.17. The zero-order chi connectivity index (χ0) is 19.3. The number of para-hydroxylation sites is 1. The maximum absolute atomic E-state index is 12.5. The Hall–Kier alpha value is -2.97. The summed E-state index contributed by atoms with van der Waals surface area (Å²) >= 11 is 5.88. The van der Waals surface area contributed by atoms with Gasteiger partial charge < -0.3 is 15.7 Å². The highest BCUT2D eigenvalue weighted by molar-refractivity contribution is 6.30. The number of hydrogen-bond acceptors (Lipinski definition) is 4. The lowest BCUT2D eigenvalue weighted by molar-refractivity contribution is -0.112. The zero-order valence-electron chi connectivity index (χ0n) is 14.8. The molecule has 2 aromatic carbocycles. The Morgan fingerprint density at radius 2 is 2.04 bits per heavy atom. The van der Waals surface area contributed by atoms with Crippen molar-refractivity contribution >= 4 is 28.9 Å². The van der Waals surface area contributed by atoms with E-state index in [2.05, 4.69) is 10.6 Å². The molecule has 0 atom stereocenters. The Kier molecular flexibility index (Phi) is 6.26. The van der Waals surface area contributed by atoms with Crippen molar-refractivity contribution in [2.45, 2.75) is 26.7 Å². The molecule has 1 amide bonds. The third-order valence-corrected chi connectivity index (χ3v) is 4.10. The minimum Gasteiger partial charge on any atom is -0.506 e. The van der Waals surface area contributed by atoms with Gasteiger partial charge >= 0.3 is 0 Å². The predicted molar refractivity (Wildman–Crippen MR) is 104 cm³/mol. The van der Waals surface area contributed by atoms with Crippen LogP contribution in [0.1, 0.15) is 30.9 Å². The first-order chi connectivity index (χ1) is 12.3. The molecule has 26 heavy (non-hydrogen) atoms. The van der Waals surface area contributed by atoms with E-state index in [1.165, 1.54) is 24.4 Å². The second kappa shape index (κ2) is 8.41. The standard InChI is InChI=1S/C20H20ClN3O2/c1-12(2)16-6-4-5-13(3)19(16)24-20(26)14(10-22)11-23-17-9-15(21)7-8-18(17)25/h4-9,11-12,23,25H,1-3H3,(H,24,26)/b14-11-. The van der Waals surface area contributed by atoms with Crippen molar-refractivity contribution in [3.05, 3.63) is 64.3 Å². The van der Waals surface area contributed by atoms with E-state index in [0.717, 1.165) is 11.1 Å². The quantitative estimate of drug-likeness (QED) is 0.396. The van der Waals surface area contributed by atoms with E-state index in [0.29, 0.717) is 16.4 Å². The van der Waals surface area contributed by atoms with Gasteiger partial charge in [0.25, 0.3) is 5.91 Å². The molecular weight excluding hydrogens is 350 g/mol. The Bertz CT molecular complexity index is 898. The largest absolute Gasteiger partial charge is 0.506 e. The fourth-order valence-corrected chi connectivity index (χ4v) is 2.62. The molecule has 0 fully saturated rings. The van der Waals surface area contributed by atoms with Crippen molar-refractivity contribution in [3.63, 3.8) is 0 Å². The molecule has 0 aromatic heterocycles. The monoisotopic (exact) mass is 369 g/mol. The SMILES string of the molecule is Cc1cccc(C(C)C)c1NC(=O)/C(C#N)=C\Nc1cc(Cl)ccc1O. The molecule has 0 bridgehead atoms. The van der Waals surface area contributed by atoms with E-state index < -0.39 is 5.91 Å². The van der Waals surface area contributed by atoms with Gasteiger partial charge in [-0.25, -0.2) is 0 Å². The number of anilines is 2. The van der Waals surface area contributed by atoms with Gasteiger partial charge in [-0.2, -0.15) is 5.26 Å². The second-order valence-electron chi connectivity index (χ2n) is 6.12. The van der Waals surface area contributed by atoms with Crippen LogP contribution in [-0.4, -0.2) is 11.0 Å². The minimum atomic E-state index is -0.530. The number of halogens is 1. The van der Waals surface area contributed by atoms with E-state index in [1.807, 2.05) is 45.0 Å². The van der Waals surface area contributed by atoms with E-state index in [1.54, 1.807) is 0 Å². The lowest BCUT2D eigenvalue weighted by Gasteiger charge is -2.16. The van der Waals surface area contributed by atoms with Crippen LogP contribution in [0.5, 0.6) is 5.75 Å². The first-order valence-corrected chi connectivity index (χ1v) is 8.47. The molecule has 0 aliphatic rings. The molecule has 0 saturated heterocycles. The van der Waals surface area contributed by atoms with Gasteiger partial charge in [0.1, 0.15) is 17.4 Å².